The molecule has 2 aliphatic heterocycles. The predicted molar refractivity (Wildman–Crippen MR) is 107 cm³/mol. The van der Waals surface area contributed by atoms with Crippen LogP contribution in [-0.4, -0.2) is 66.6 Å². The first-order valence-corrected chi connectivity index (χ1v) is 10.3. The number of morpholine rings is 1. The first kappa shape index (κ1) is 19.4. The predicted octanol–water partition coefficient (Wildman–Crippen LogP) is 2.96. The Morgan fingerprint density at radius 3 is 2.93 bits per heavy atom. The van der Waals surface area contributed by atoms with Crippen molar-refractivity contribution in [3.8, 4) is 0 Å². The van der Waals surface area contributed by atoms with Crippen LogP contribution in [0.3, 0.4) is 0 Å². The lowest BCUT2D eigenvalue weighted by molar-refractivity contribution is -0.134. The van der Waals surface area contributed by atoms with Crippen LogP contribution >= 0.6 is 11.6 Å². The van der Waals surface area contributed by atoms with Crippen molar-refractivity contribution in [3.63, 3.8) is 0 Å². The highest BCUT2D eigenvalue weighted by molar-refractivity contribution is 6.30. The minimum atomic E-state index is 0.163. The average Bonchev–Trinajstić information content (AvgIpc) is 3.17. The standard InChI is InChI=1S/C21H26ClN3O3/c22-18-5-1-3-16(11-18)12-19-13-23-21(28-19)17-4-2-6-25(14-17)20(26)15-24-7-9-27-10-8-24/h1,3,5,11,13,17H,2,4,6-10,12,14-15H2. The molecule has 1 amide bonds. The molecule has 2 saturated heterocycles. The van der Waals surface area contributed by atoms with E-state index in [1.165, 1.54) is 0 Å². The van der Waals surface area contributed by atoms with E-state index in [-0.39, 0.29) is 11.8 Å². The molecule has 0 saturated carbocycles. The largest absolute Gasteiger partial charge is 0.445 e. The van der Waals surface area contributed by atoms with Gasteiger partial charge in [-0.1, -0.05) is 23.7 Å². The molecule has 0 bridgehead atoms. The number of benzene rings is 1. The number of hydrogen-bond donors (Lipinski definition) is 0. The Morgan fingerprint density at radius 1 is 1.25 bits per heavy atom. The molecule has 0 radical (unpaired) electrons. The molecule has 0 N–H and O–H groups in total. The van der Waals surface area contributed by atoms with E-state index < -0.39 is 0 Å². The van der Waals surface area contributed by atoms with Crippen LogP contribution < -0.4 is 0 Å². The van der Waals surface area contributed by atoms with Crippen molar-refractivity contribution in [1.29, 1.82) is 0 Å². The fourth-order valence-electron chi connectivity index (χ4n) is 3.90. The van der Waals surface area contributed by atoms with E-state index in [2.05, 4.69) is 9.88 Å². The Labute approximate surface area is 170 Å². The maximum absolute atomic E-state index is 12.7. The highest BCUT2D eigenvalue weighted by Gasteiger charge is 2.28. The van der Waals surface area contributed by atoms with Gasteiger partial charge < -0.3 is 14.1 Å². The second kappa shape index (κ2) is 9.07. The Bertz CT molecular complexity index is 804. The minimum absolute atomic E-state index is 0.163. The number of ether oxygens (including phenoxy) is 1. The van der Waals surface area contributed by atoms with E-state index >= 15 is 0 Å². The van der Waals surface area contributed by atoms with E-state index in [0.717, 1.165) is 54.7 Å². The van der Waals surface area contributed by atoms with Crippen molar-refractivity contribution < 1.29 is 13.9 Å². The molecular weight excluding hydrogens is 378 g/mol. The quantitative estimate of drug-likeness (QED) is 0.768. The van der Waals surface area contributed by atoms with E-state index in [0.29, 0.717) is 32.7 Å². The Balaban J connectivity index is 1.35. The summed E-state index contributed by atoms with van der Waals surface area (Å²) in [5, 5.41) is 0.721. The van der Waals surface area contributed by atoms with Gasteiger partial charge in [-0.15, -0.1) is 0 Å². The fourth-order valence-corrected chi connectivity index (χ4v) is 4.11. The molecule has 150 valence electrons. The normalized spacial score (nSPS) is 21.0. The highest BCUT2D eigenvalue weighted by Crippen LogP contribution is 2.27. The summed E-state index contributed by atoms with van der Waals surface area (Å²) >= 11 is 6.06. The maximum atomic E-state index is 12.7. The lowest BCUT2D eigenvalue weighted by Gasteiger charge is -2.34. The van der Waals surface area contributed by atoms with Crippen LogP contribution in [-0.2, 0) is 16.0 Å². The summed E-state index contributed by atoms with van der Waals surface area (Å²) in [5.74, 6) is 1.92. The first-order valence-electron chi connectivity index (χ1n) is 9.94. The molecule has 28 heavy (non-hydrogen) atoms. The maximum Gasteiger partial charge on any atom is 0.236 e. The summed E-state index contributed by atoms with van der Waals surface area (Å²) in [6.07, 6.45) is 4.44. The van der Waals surface area contributed by atoms with Gasteiger partial charge in [0.1, 0.15) is 5.76 Å². The van der Waals surface area contributed by atoms with E-state index in [9.17, 15) is 4.79 Å². The van der Waals surface area contributed by atoms with Gasteiger partial charge in [0.25, 0.3) is 0 Å². The first-order chi connectivity index (χ1) is 13.7. The molecule has 2 fully saturated rings. The van der Waals surface area contributed by atoms with Gasteiger partial charge in [0.15, 0.2) is 5.89 Å². The van der Waals surface area contributed by atoms with Gasteiger partial charge in [-0.2, -0.15) is 0 Å². The van der Waals surface area contributed by atoms with E-state index in [1.54, 1.807) is 6.20 Å². The Morgan fingerprint density at radius 2 is 2.11 bits per heavy atom. The topological polar surface area (TPSA) is 58.8 Å². The van der Waals surface area contributed by atoms with Gasteiger partial charge in [-0.05, 0) is 30.5 Å². The van der Waals surface area contributed by atoms with Crippen molar-refractivity contribution in [2.75, 3.05) is 45.9 Å². The van der Waals surface area contributed by atoms with Crippen LogP contribution in [0.15, 0.2) is 34.9 Å². The van der Waals surface area contributed by atoms with Crippen LogP contribution in [0.4, 0.5) is 0 Å². The number of halogens is 1. The molecule has 1 aromatic carbocycles. The molecule has 1 unspecified atom stereocenters. The van der Waals surface area contributed by atoms with Crippen molar-refractivity contribution in [2.45, 2.75) is 25.2 Å². The van der Waals surface area contributed by atoms with Crippen LogP contribution in [0.2, 0.25) is 5.02 Å². The summed E-state index contributed by atoms with van der Waals surface area (Å²) in [6, 6.07) is 7.77. The van der Waals surface area contributed by atoms with Gasteiger partial charge in [0.2, 0.25) is 5.91 Å². The van der Waals surface area contributed by atoms with Gasteiger partial charge in [-0.25, -0.2) is 4.98 Å². The number of carbonyl (C=O) groups is 1. The Kier molecular flexibility index (Phi) is 6.29. The van der Waals surface area contributed by atoms with Crippen molar-refractivity contribution in [2.24, 2.45) is 0 Å². The van der Waals surface area contributed by atoms with Gasteiger partial charge in [0.05, 0.1) is 31.9 Å². The monoisotopic (exact) mass is 403 g/mol. The zero-order valence-corrected chi connectivity index (χ0v) is 16.7. The summed E-state index contributed by atoms with van der Waals surface area (Å²) in [7, 11) is 0. The molecule has 6 nitrogen and oxygen atoms in total. The van der Waals surface area contributed by atoms with E-state index in [1.807, 2.05) is 29.2 Å². The van der Waals surface area contributed by atoms with Gasteiger partial charge >= 0.3 is 0 Å². The molecule has 3 heterocycles. The molecule has 1 aromatic heterocycles. The molecule has 2 aliphatic rings. The second-order valence-corrected chi connectivity index (χ2v) is 7.98. The number of hydrogen-bond acceptors (Lipinski definition) is 5. The number of carbonyl (C=O) groups excluding carboxylic acids is 1. The molecule has 7 heteroatoms. The summed E-state index contributed by atoms with van der Waals surface area (Å²) in [6.45, 7) is 5.05. The van der Waals surface area contributed by atoms with Gasteiger partial charge in [-0.3, -0.25) is 9.69 Å². The molecule has 0 aliphatic carbocycles. The molecule has 4 rings (SSSR count). The third kappa shape index (κ3) is 4.93. The average molecular weight is 404 g/mol. The van der Waals surface area contributed by atoms with Gasteiger partial charge in [0, 0.05) is 37.6 Å². The Hall–Kier alpha value is -1.89. The van der Waals surface area contributed by atoms with Crippen LogP contribution in [0, 0.1) is 0 Å². The lowest BCUT2D eigenvalue weighted by atomic mass is 9.98. The molecule has 2 aromatic rings. The number of likely N-dealkylation sites (tertiary alicyclic amines) is 1. The zero-order valence-electron chi connectivity index (χ0n) is 16.0. The summed E-state index contributed by atoms with van der Waals surface area (Å²) < 4.78 is 11.4. The highest BCUT2D eigenvalue weighted by atomic mass is 35.5. The number of nitrogens with zero attached hydrogens (tertiary/aromatic N) is 3. The number of piperidine rings is 1. The summed E-state index contributed by atoms with van der Waals surface area (Å²) in [5.41, 5.74) is 1.10. The van der Waals surface area contributed by atoms with Crippen molar-refractivity contribution in [1.82, 2.24) is 14.8 Å². The zero-order chi connectivity index (χ0) is 19.3. The number of rotatable bonds is 5. The lowest BCUT2D eigenvalue weighted by Crippen LogP contribution is -2.47. The SMILES string of the molecule is O=C(CN1CCOCC1)N1CCCC(c2ncc(Cc3cccc(Cl)c3)o2)C1. The molecule has 1 atom stereocenters. The van der Waals surface area contributed by atoms with Crippen LogP contribution in [0.1, 0.15) is 36.0 Å². The third-order valence-corrected chi connectivity index (χ3v) is 5.66. The number of aromatic nitrogens is 1. The third-order valence-electron chi connectivity index (χ3n) is 5.42. The van der Waals surface area contributed by atoms with E-state index in [4.69, 9.17) is 20.8 Å². The second-order valence-electron chi connectivity index (χ2n) is 7.54. The van der Waals surface area contributed by atoms with Crippen LogP contribution in [0.5, 0.6) is 0 Å². The summed E-state index contributed by atoms with van der Waals surface area (Å²) in [4.78, 5) is 21.3. The smallest absolute Gasteiger partial charge is 0.236 e. The number of oxazole rings is 1. The molecule has 0 spiro atoms. The number of amides is 1. The van der Waals surface area contributed by atoms with Crippen molar-refractivity contribution >= 4 is 17.5 Å². The minimum Gasteiger partial charge on any atom is -0.445 e. The molecular formula is C21H26ClN3O3. The fraction of sp³-hybridized carbons (Fsp3) is 0.524. The van der Waals surface area contributed by atoms with Crippen LogP contribution in [0.25, 0.3) is 0 Å². The van der Waals surface area contributed by atoms with Crippen molar-refractivity contribution in [3.05, 3.63) is 52.7 Å².